The Hall–Kier alpha value is -0.810. The van der Waals surface area contributed by atoms with Gasteiger partial charge < -0.3 is 9.84 Å². The van der Waals surface area contributed by atoms with Crippen molar-refractivity contribution >= 4 is 33.5 Å². The third-order valence-electron chi connectivity index (χ3n) is 1.63. The molecular weight excluding hydrogens is 290 g/mol. The molecule has 0 aromatic heterocycles. The molecular formula is C9H7BrClFO3. The van der Waals surface area contributed by atoms with Crippen LogP contribution in [0.15, 0.2) is 16.6 Å². The van der Waals surface area contributed by atoms with Crippen molar-refractivity contribution in [1.82, 2.24) is 0 Å². The van der Waals surface area contributed by atoms with Gasteiger partial charge in [0, 0.05) is 6.07 Å². The number of hydrogen-bond acceptors (Lipinski definition) is 2. The number of carbonyl (C=O) groups is 1. The molecule has 82 valence electrons. The van der Waals surface area contributed by atoms with Gasteiger partial charge in [-0.15, -0.1) is 0 Å². The van der Waals surface area contributed by atoms with Gasteiger partial charge >= 0.3 is 5.97 Å². The zero-order valence-electron chi connectivity index (χ0n) is 7.63. The van der Waals surface area contributed by atoms with Gasteiger partial charge in [-0.25, -0.2) is 9.18 Å². The maximum absolute atomic E-state index is 13.1. The molecule has 0 aliphatic carbocycles. The van der Waals surface area contributed by atoms with Crippen LogP contribution in [0.2, 0.25) is 5.02 Å². The first kappa shape index (κ1) is 12.3. The SMILES string of the molecule is CC(Oc1cc(F)c(Br)cc1Cl)C(=O)O. The highest BCUT2D eigenvalue weighted by molar-refractivity contribution is 9.10. The minimum absolute atomic E-state index is 0.00673. The molecule has 1 atom stereocenters. The molecule has 0 bridgehead atoms. The first-order chi connectivity index (χ1) is 6.91. The Morgan fingerprint density at radius 1 is 1.67 bits per heavy atom. The largest absolute Gasteiger partial charge is 0.479 e. The van der Waals surface area contributed by atoms with Crippen LogP contribution in [0, 0.1) is 5.82 Å². The molecule has 0 radical (unpaired) electrons. The van der Waals surface area contributed by atoms with Crippen LogP contribution in [0.3, 0.4) is 0 Å². The van der Waals surface area contributed by atoms with Crippen LogP contribution in [-0.4, -0.2) is 17.2 Å². The van der Waals surface area contributed by atoms with Gasteiger partial charge in [0.15, 0.2) is 6.10 Å². The van der Waals surface area contributed by atoms with Gasteiger partial charge in [0.1, 0.15) is 11.6 Å². The van der Waals surface area contributed by atoms with Crippen molar-refractivity contribution in [3.8, 4) is 5.75 Å². The van der Waals surface area contributed by atoms with Crippen LogP contribution in [0.5, 0.6) is 5.75 Å². The number of hydrogen-bond donors (Lipinski definition) is 1. The highest BCUT2D eigenvalue weighted by Crippen LogP contribution is 2.30. The Labute approximate surface area is 98.9 Å². The number of aliphatic carboxylic acids is 1. The van der Waals surface area contributed by atoms with Crippen molar-refractivity contribution in [2.24, 2.45) is 0 Å². The number of rotatable bonds is 3. The lowest BCUT2D eigenvalue weighted by molar-refractivity contribution is -0.144. The lowest BCUT2D eigenvalue weighted by Gasteiger charge is -2.12. The number of carboxylic acid groups (broad SMARTS) is 1. The number of ether oxygens (including phenoxy) is 1. The number of halogens is 3. The van der Waals surface area contributed by atoms with Gasteiger partial charge in [-0.1, -0.05) is 11.6 Å². The van der Waals surface area contributed by atoms with E-state index >= 15 is 0 Å². The Morgan fingerprint density at radius 2 is 2.27 bits per heavy atom. The van der Waals surface area contributed by atoms with E-state index in [9.17, 15) is 9.18 Å². The summed E-state index contributed by atoms with van der Waals surface area (Å²) in [5.41, 5.74) is 0. The molecule has 1 aromatic carbocycles. The first-order valence-corrected chi connectivity index (χ1v) is 5.13. The average Bonchev–Trinajstić information content (AvgIpc) is 2.13. The normalized spacial score (nSPS) is 12.3. The van der Waals surface area contributed by atoms with Gasteiger partial charge in [-0.05, 0) is 28.9 Å². The molecule has 0 saturated heterocycles. The average molecular weight is 298 g/mol. The van der Waals surface area contributed by atoms with Gasteiger partial charge in [-0.3, -0.25) is 0 Å². The smallest absolute Gasteiger partial charge is 0.344 e. The summed E-state index contributed by atoms with van der Waals surface area (Å²) in [6.07, 6.45) is -1.08. The Morgan fingerprint density at radius 3 is 2.80 bits per heavy atom. The van der Waals surface area contributed by atoms with Crippen molar-refractivity contribution in [2.75, 3.05) is 0 Å². The topological polar surface area (TPSA) is 46.5 Å². The molecule has 1 N–H and O–H groups in total. The summed E-state index contributed by atoms with van der Waals surface area (Å²) in [5, 5.41) is 8.74. The predicted molar refractivity (Wildman–Crippen MR) is 56.8 cm³/mol. The van der Waals surface area contributed by atoms with Gasteiger partial charge in [0.2, 0.25) is 0 Å². The molecule has 0 aliphatic heterocycles. The zero-order chi connectivity index (χ0) is 11.6. The maximum atomic E-state index is 13.1. The summed E-state index contributed by atoms with van der Waals surface area (Å²) in [6, 6.07) is 2.34. The van der Waals surface area contributed by atoms with E-state index < -0.39 is 17.9 Å². The molecule has 0 fully saturated rings. The van der Waals surface area contributed by atoms with Crippen molar-refractivity contribution in [3.63, 3.8) is 0 Å². The van der Waals surface area contributed by atoms with E-state index in [0.717, 1.165) is 6.07 Å². The van der Waals surface area contributed by atoms with Crippen LogP contribution >= 0.6 is 27.5 Å². The number of benzene rings is 1. The summed E-state index contributed by atoms with van der Waals surface area (Å²) in [5.74, 6) is -1.70. The second-order valence-electron chi connectivity index (χ2n) is 2.80. The Kier molecular flexibility index (Phi) is 3.93. The third kappa shape index (κ3) is 3.07. The first-order valence-electron chi connectivity index (χ1n) is 3.96. The van der Waals surface area contributed by atoms with Crippen LogP contribution < -0.4 is 4.74 Å². The highest BCUT2D eigenvalue weighted by Gasteiger charge is 2.16. The van der Waals surface area contributed by atoms with E-state index in [1.54, 1.807) is 0 Å². The van der Waals surface area contributed by atoms with Crippen molar-refractivity contribution in [3.05, 3.63) is 27.4 Å². The molecule has 1 rings (SSSR count). The quantitative estimate of drug-likeness (QED) is 0.872. The predicted octanol–water partition coefficient (Wildman–Crippen LogP) is 3.09. The molecule has 0 aliphatic rings. The summed E-state index contributed by atoms with van der Waals surface area (Å²) in [7, 11) is 0. The molecule has 0 heterocycles. The Bertz CT molecular complexity index is 397. The Balaban J connectivity index is 2.95. The summed E-state index contributed by atoms with van der Waals surface area (Å²) in [6.45, 7) is 1.33. The third-order valence-corrected chi connectivity index (χ3v) is 2.53. The van der Waals surface area contributed by atoms with E-state index in [0.29, 0.717) is 0 Å². The van der Waals surface area contributed by atoms with E-state index in [-0.39, 0.29) is 15.2 Å². The fourth-order valence-corrected chi connectivity index (χ4v) is 1.52. The fraction of sp³-hybridized carbons (Fsp3) is 0.222. The van der Waals surface area contributed by atoms with E-state index in [1.807, 2.05) is 0 Å². The van der Waals surface area contributed by atoms with Crippen LogP contribution in [0.25, 0.3) is 0 Å². The lowest BCUT2D eigenvalue weighted by atomic mass is 10.3. The lowest BCUT2D eigenvalue weighted by Crippen LogP contribution is -2.23. The molecule has 1 unspecified atom stereocenters. The van der Waals surface area contributed by atoms with Crippen LogP contribution in [0.4, 0.5) is 4.39 Å². The fourth-order valence-electron chi connectivity index (χ4n) is 0.835. The minimum atomic E-state index is -1.14. The minimum Gasteiger partial charge on any atom is -0.479 e. The number of carboxylic acids is 1. The van der Waals surface area contributed by atoms with Gasteiger partial charge in [0.25, 0.3) is 0 Å². The van der Waals surface area contributed by atoms with E-state index in [1.165, 1.54) is 13.0 Å². The summed E-state index contributed by atoms with van der Waals surface area (Å²) < 4.78 is 18.2. The maximum Gasteiger partial charge on any atom is 0.344 e. The monoisotopic (exact) mass is 296 g/mol. The second-order valence-corrected chi connectivity index (χ2v) is 4.06. The van der Waals surface area contributed by atoms with Crippen molar-refractivity contribution in [1.29, 1.82) is 0 Å². The molecule has 0 spiro atoms. The molecule has 15 heavy (non-hydrogen) atoms. The summed E-state index contributed by atoms with van der Waals surface area (Å²) in [4.78, 5) is 10.5. The molecule has 6 heteroatoms. The summed E-state index contributed by atoms with van der Waals surface area (Å²) >= 11 is 8.68. The molecule has 0 amide bonds. The zero-order valence-corrected chi connectivity index (χ0v) is 9.97. The van der Waals surface area contributed by atoms with Crippen LogP contribution in [-0.2, 0) is 4.79 Å². The van der Waals surface area contributed by atoms with Gasteiger partial charge in [-0.2, -0.15) is 0 Å². The molecule has 1 aromatic rings. The van der Waals surface area contributed by atoms with E-state index in [2.05, 4.69) is 15.9 Å². The van der Waals surface area contributed by atoms with Crippen molar-refractivity contribution < 1.29 is 19.0 Å². The standard InChI is InChI=1S/C9H7BrClFO3/c1-4(9(13)14)15-8-3-7(12)5(10)2-6(8)11/h2-4H,1H3,(H,13,14). The van der Waals surface area contributed by atoms with Gasteiger partial charge in [0.05, 0.1) is 9.50 Å². The molecule has 0 saturated carbocycles. The molecule has 3 nitrogen and oxygen atoms in total. The van der Waals surface area contributed by atoms with E-state index in [4.69, 9.17) is 21.4 Å². The van der Waals surface area contributed by atoms with Crippen LogP contribution in [0.1, 0.15) is 6.92 Å². The second kappa shape index (κ2) is 4.81. The van der Waals surface area contributed by atoms with Crippen molar-refractivity contribution in [2.45, 2.75) is 13.0 Å². The highest BCUT2D eigenvalue weighted by atomic mass is 79.9.